The van der Waals surface area contributed by atoms with Gasteiger partial charge >= 0.3 is 5.97 Å². The fourth-order valence-corrected chi connectivity index (χ4v) is 1.82. The number of aromatic nitrogens is 2. The highest BCUT2D eigenvalue weighted by atomic mass is 16.6. The first-order valence-corrected chi connectivity index (χ1v) is 5.35. The molecule has 0 aromatic carbocycles. The summed E-state index contributed by atoms with van der Waals surface area (Å²) in [4.78, 5) is 11.9. The Hall–Kier alpha value is -1.36. The second kappa shape index (κ2) is 3.59. The average Bonchev–Trinajstić information content (AvgIpc) is 2.66. The van der Waals surface area contributed by atoms with Crippen LogP contribution in [-0.4, -0.2) is 21.4 Å². The van der Waals surface area contributed by atoms with Gasteiger partial charge in [0.1, 0.15) is 11.6 Å². The van der Waals surface area contributed by atoms with Crippen molar-refractivity contribution in [3.8, 4) is 0 Å². The summed E-state index contributed by atoms with van der Waals surface area (Å²) in [6.07, 6.45) is 1.73. The van der Waals surface area contributed by atoms with Crippen LogP contribution in [0.5, 0.6) is 0 Å². The van der Waals surface area contributed by atoms with Crippen molar-refractivity contribution in [2.24, 2.45) is 7.05 Å². The van der Waals surface area contributed by atoms with Gasteiger partial charge in [0.25, 0.3) is 0 Å². The Kier molecular flexibility index (Phi) is 2.50. The second-order valence-corrected chi connectivity index (χ2v) is 5.02. The molecule has 0 amide bonds. The third kappa shape index (κ3) is 1.95. The van der Waals surface area contributed by atoms with Crippen molar-refractivity contribution >= 4 is 5.97 Å². The van der Waals surface area contributed by atoms with Crippen molar-refractivity contribution in [1.29, 1.82) is 0 Å². The molecule has 1 aliphatic rings. The summed E-state index contributed by atoms with van der Waals surface area (Å²) < 4.78 is 7.13. The summed E-state index contributed by atoms with van der Waals surface area (Å²) >= 11 is 0. The van der Waals surface area contributed by atoms with Gasteiger partial charge in [-0.1, -0.05) is 0 Å². The Labute approximate surface area is 94.8 Å². The quantitative estimate of drug-likeness (QED) is 0.719. The van der Waals surface area contributed by atoms with E-state index in [0.29, 0.717) is 6.54 Å². The summed E-state index contributed by atoms with van der Waals surface area (Å²) in [7, 11) is 1.87. The van der Waals surface area contributed by atoms with Crippen molar-refractivity contribution in [3.05, 3.63) is 17.5 Å². The lowest BCUT2D eigenvalue weighted by Gasteiger charge is -2.22. The van der Waals surface area contributed by atoms with E-state index in [4.69, 9.17) is 4.74 Å². The molecule has 0 bridgehead atoms. The first kappa shape index (κ1) is 11.1. The van der Waals surface area contributed by atoms with Crippen molar-refractivity contribution in [2.45, 2.75) is 39.0 Å². The molecule has 0 fully saturated rings. The summed E-state index contributed by atoms with van der Waals surface area (Å²) in [6, 6.07) is -0.372. The molecular formula is C11H17N3O2. The summed E-state index contributed by atoms with van der Waals surface area (Å²) in [5.41, 5.74) is 1.52. The van der Waals surface area contributed by atoms with Crippen LogP contribution >= 0.6 is 0 Å². The number of rotatable bonds is 1. The number of hydrogen-bond acceptors (Lipinski definition) is 4. The van der Waals surface area contributed by atoms with Gasteiger partial charge < -0.3 is 4.74 Å². The monoisotopic (exact) mass is 223 g/mol. The summed E-state index contributed by atoms with van der Waals surface area (Å²) in [6.45, 7) is 6.26. The minimum atomic E-state index is -0.455. The predicted octanol–water partition coefficient (Wildman–Crippen LogP) is 0.906. The van der Waals surface area contributed by atoms with Crippen LogP contribution < -0.4 is 5.32 Å². The van der Waals surface area contributed by atoms with Gasteiger partial charge in [0.05, 0.1) is 11.9 Å². The lowest BCUT2D eigenvalue weighted by molar-refractivity contribution is -0.157. The third-order valence-corrected chi connectivity index (χ3v) is 2.52. The maximum absolute atomic E-state index is 11.9. The molecule has 1 aliphatic heterocycles. The molecule has 1 N–H and O–H groups in total. The molecule has 88 valence electrons. The molecule has 5 nitrogen and oxygen atoms in total. The standard InChI is InChI=1S/C11H17N3O2/c1-11(2,3)16-10(15)9-7-5-13-14(4)8(7)6-12-9/h5,9,12H,6H2,1-4H3. The van der Waals surface area contributed by atoms with E-state index in [1.807, 2.05) is 27.8 Å². The highest BCUT2D eigenvalue weighted by Crippen LogP contribution is 2.26. The van der Waals surface area contributed by atoms with E-state index in [2.05, 4.69) is 10.4 Å². The lowest BCUT2D eigenvalue weighted by atomic mass is 10.1. The number of nitrogens with zero attached hydrogens (tertiary/aromatic N) is 2. The molecule has 5 heteroatoms. The molecule has 2 rings (SSSR count). The zero-order valence-electron chi connectivity index (χ0n) is 10.1. The van der Waals surface area contributed by atoms with Crippen molar-refractivity contribution < 1.29 is 9.53 Å². The normalized spacial score (nSPS) is 19.6. The number of esters is 1. The van der Waals surface area contributed by atoms with Crippen LogP contribution in [0.4, 0.5) is 0 Å². The maximum Gasteiger partial charge on any atom is 0.328 e. The molecule has 1 unspecified atom stereocenters. The smallest absolute Gasteiger partial charge is 0.328 e. The Morgan fingerprint density at radius 3 is 2.94 bits per heavy atom. The molecule has 1 atom stereocenters. The third-order valence-electron chi connectivity index (χ3n) is 2.52. The van der Waals surface area contributed by atoms with Gasteiger partial charge in [-0.05, 0) is 20.8 Å². The molecular weight excluding hydrogens is 206 g/mol. The molecule has 1 aromatic heterocycles. The largest absolute Gasteiger partial charge is 0.459 e. The SMILES string of the molecule is Cn1ncc2c1CNC2C(=O)OC(C)(C)C. The molecule has 0 saturated heterocycles. The predicted molar refractivity (Wildman–Crippen MR) is 58.6 cm³/mol. The Bertz CT molecular complexity index is 417. The Morgan fingerprint density at radius 2 is 2.31 bits per heavy atom. The van der Waals surface area contributed by atoms with Crippen LogP contribution in [0.25, 0.3) is 0 Å². The molecule has 0 saturated carbocycles. The highest BCUT2D eigenvalue weighted by Gasteiger charge is 2.33. The molecule has 0 spiro atoms. The summed E-state index contributed by atoms with van der Waals surface area (Å²) in [5.74, 6) is -0.237. The van der Waals surface area contributed by atoms with Crippen LogP contribution in [0.3, 0.4) is 0 Å². The van der Waals surface area contributed by atoms with Gasteiger partial charge in [-0.25, -0.2) is 4.79 Å². The molecule has 2 heterocycles. The minimum absolute atomic E-state index is 0.237. The van der Waals surface area contributed by atoms with Gasteiger partial charge in [0, 0.05) is 19.2 Å². The van der Waals surface area contributed by atoms with Crippen LogP contribution in [0.2, 0.25) is 0 Å². The van der Waals surface area contributed by atoms with Gasteiger partial charge in [-0.15, -0.1) is 0 Å². The number of nitrogens with one attached hydrogen (secondary N) is 1. The maximum atomic E-state index is 11.9. The fraction of sp³-hybridized carbons (Fsp3) is 0.636. The fourth-order valence-electron chi connectivity index (χ4n) is 1.82. The minimum Gasteiger partial charge on any atom is -0.459 e. The van der Waals surface area contributed by atoms with Gasteiger partial charge in [0.2, 0.25) is 0 Å². The first-order chi connectivity index (χ1) is 7.38. The highest BCUT2D eigenvalue weighted by molar-refractivity contribution is 5.79. The van der Waals surface area contributed by atoms with E-state index in [0.717, 1.165) is 11.3 Å². The molecule has 0 aliphatic carbocycles. The number of carbonyl (C=O) groups excluding carboxylic acids is 1. The number of hydrogen-bond donors (Lipinski definition) is 1. The van der Waals surface area contributed by atoms with E-state index in [1.54, 1.807) is 10.9 Å². The van der Waals surface area contributed by atoms with E-state index >= 15 is 0 Å². The van der Waals surface area contributed by atoms with Crippen LogP contribution in [0, 0.1) is 0 Å². The van der Waals surface area contributed by atoms with E-state index in [-0.39, 0.29) is 12.0 Å². The average molecular weight is 223 g/mol. The van der Waals surface area contributed by atoms with Crippen LogP contribution in [0.1, 0.15) is 38.1 Å². The lowest BCUT2D eigenvalue weighted by Crippen LogP contribution is -2.31. The van der Waals surface area contributed by atoms with Gasteiger partial charge in [-0.2, -0.15) is 5.10 Å². The Morgan fingerprint density at radius 1 is 1.62 bits per heavy atom. The van der Waals surface area contributed by atoms with E-state index in [9.17, 15) is 4.79 Å². The summed E-state index contributed by atoms with van der Waals surface area (Å²) in [5, 5.41) is 7.27. The van der Waals surface area contributed by atoms with Crippen LogP contribution in [0.15, 0.2) is 6.20 Å². The van der Waals surface area contributed by atoms with E-state index < -0.39 is 5.60 Å². The zero-order chi connectivity index (χ0) is 11.9. The molecule has 1 aromatic rings. The number of ether oxygens (including phenoxy) is 1. The number of aryl methyl sites for hydroxylation is 1. The first-order valence-electron chi connectivity index (χ1n) is 5.35. The number of fused-ring (bicyclic) bond motifs is 1. The second-order valence-electron chi connectivity index (χ2n) is 5.02. The van der Waals surface area contributed by atoms with E-state index in [1.165, 1.54) is 0 Å². The van der Waals surface area contributed by atoms with Crippen LogP contribution in [-0.2, 0) is 23.1 Å². The van der Waals surface area contributed by atoms with Crippen molar-refractivity contribution in [3.63, 3.8) is 0 Å². The number of carbonyl (C=O) groups is 1. The Balaban J connectivity index is 2.16. The molecule has 16 heavy (non-hydrogen) atoms. The van der Waals surface area contributed by atoms with Crippen molar-refractivity contribution in [1.82, 2.24) is 15.1 Å². The zero-order valence-corrected chi connectivity index (χ0v) is 10.1. The topological polar surface area (TPSA) is 56.2 Å². The van der Waals surface area contributed by atoms with Gasteiger partial charge in [0.15, 0.2) is 0 Å². The van der Waals surface area contributed by atoms with Crippen molar-refractivity contribution in [2.75, 3.05) is 0 Å². The molecule has 0 radical (unpaired) electrons. The van der Waals surface area contributed by atoms with Gasteiger partial charge in [-0.3, -0.25) is 10.00 Å².